The number of nitrogens with one attached hydrogen (secondary N) is 3. The van der Waals surface area contributed by atoms with Crippen LogP contribution in [0.1, 0.15) is 5.56 Å². The van der Waals surface area contributed by atoms with Gasteiger partial charge in [0.05, 0.1) is 6.21 Å². The van der Waals surface area contributed by atoms with Crippen molar-refractivity contribution in [3.8, 4) is 5.75 Å². The number of benzene rings is 2. The highest BCUT2D eigenvalue weighted by atomic mass is 35.5. The second-order valence-electron chi connectivity index (χ2n) is 5.20. The first-order valence-electron chi connectivity index (χ1n) is 7.81. The Kier molecular flexibility index (Phi) is 7.33. The second-order valence-corrected chi connectivity index (χ2v) is 5.63. The van der Waals surface area contributed by atoms with Crippen molar-refractivity contribution in [2.75, 3.05) is 19.0 Å². The molecular weight excluding hydrogens is 372 g/mol. The SMILES string of the molecule is CNC(=O)C(=O)N/N=C\c1cccc(OCC(=O)Nc2cccc(Cl)c2)c1. The summed E-state index contributed by atoms with van der Waals surface area (Å²) in [6, 6.07) is 13.5. The Bertz CT molecular complexity index is 870. The van der Waals surface area contributed by atoms with Crippen LogP contribution >= 0.6 is 11.6 Å². The van der Waals surface area contributed by atoms with Crippen molar-refractivity contribution in [1.82, 2.24) is 10.7 Å². The minimum absolute atomic E-state index is 0.194. The predicted octanol–water partition coefficient (Wildman–Crippen LogP) is 1.55. The molecule has 0 aromatic heterocycles. The van der Waals surface area contributed by atoms with E-state index in [9.17, 15) is 14.4 Å². The average molecular weight is 389 g/mol. The molecule has 0 atom stereocenters. The minimum Gasteiger partial charge on any atom is -0.484 e. The standard InChI is InChI=1S/C18H17ClN4O4/c1-20-17(25)18(26)23-21-10-12-4-2-7-15(8-12)27-11-16(24)22-14-6-3-5-13(19)9-14/h2-10H,11H2,1H3,(H,20,25)(H,22,24)(H,23,26)/b21-10-. The van der Waals surface area contributed by atoms with Crippen LogP contribution in [0.2, 0.25) is 5.02 Å². The lowest BCUT2D eigenvalue weighted by Crippen LogP contribution is -2.35. The Balaban J connectivity index is 1.87. The first kappa shape index (κ1) is 19.9. The number of anilines is 1. The van der Waals surface area contributed by atoms with Gasteiger partial charge in [-0.25, -0.2) is 5.43 Å². The summed E-state index contributed by atoms with van der Waals surface area (Å²) < 4.78 is 5.44. The van der Waals surface area contributed by atoms with E-state index in [-0.39, 0.29) is 12.5 Å². The summed E-state index contributed by atoms with van der Waals surface area (Å²) in [4.78, 5) is 34.2. The van der Waals surface area contributed by atoms with E-state index in [1.807, 2.05) is 0 Å². The number of carbonyl (C=O) groups excluding carboxylic acids is 3. The van der Waals surface area contributed by atoms with Crippen molar-refractivity contribution >= 4 is 41.2 Å². The van der Waals surface area contributed by atoms with Crippen LogP contribution < -0.4 is 20.8 Å². The van der Waals surface area contributed by atoms with Crippen LogP contribution in [0.4, 0.5) is 5.69 Å². The highest BCUT2D eigenvalue weighted by Crippen LogP contribution is 2.15. The number of likely N-dealkylation sites (N-methyl/N-ethyl adjacent to an activating group) is 1. The molecule has 0 spiro atoms. The summed E-state index contributed by atoms with van der Waals surface area (Å²) in [6.07, 6.45) is 1.35. The summed E-state index contributed by atoms with van der Waals surface area (Å²) in [5.41, 5.74) is 3.27. The fourth-order valence-electron chi connectivity index (χ4n) is 1.93. The molecule has 2 aromatic carbocycles. The molecule has 0 fully saturated rings. The normalized spacial score (nSPS) is 10.3. The van der Waals surface area contributed by atoms with Gasteiger partial charge in [0.1, 0.15) is 5.75 Å². The molecule has 9 heteroatoms. The number of hydrazone groups is 1. The quantitative estimate of drug-likeness (QED) is 0.396. The topological polar surface area (TPSA) is 109 Å². The number of hydrogen-bond acceptors (Lipinski definition) is 5. The monoisotopic (exact) mass is 388 g/mol. The Morgan fingerprint density at radius 3 is 2.63 bits per heavy atom. The smallest absolute Gasteiger partial charge is 0.329 e. The van der Waals surface area contributed by atoms with Crippen molar-refractivity contribution in [2.45, 2.75) is 0 Å². The van der Waals surface area contributed by atoms with Crippen molar-refractivity contribution in [3.63, 3.8) is 0 Å². The largest absolute Gasteiger partial charge is 0.484 e. The molecule has 0 bridgehead atoms. The van der Waals surface area contributed by atoms with Crippen LogP contribution in [0.5, 0.6) is 5.75 Å². The van der Waals surface area contributed by atoms with Crippen LogP contribution in [0.3, 0.4) is 0 Å². The maximum Gasteiger partial charge on any atom is 0.329 e. The lowest BCUT2D eigenvalue weighted by molar-refractivity contribution is -0.138. The highest BCUT2D eigenvalue weighted by Gasteiger charge is 2.09. The number of amides is 3. The molecule has 3 N–H and O–H groups in total. The summed E-state index contributed by atoms with van der Waals surface area (Å²) >= 11 is 5.86. The Morgan fingerprint density at radius 1 is 1.11 bits per heavy atom. The molecule has 3 amide bonds. The van der Waals surface area contributed by atoms with Crippen molar-refractivity contribution in [1.29, 1.82) is 0 Å². The minimum atomic E-state index is -0.876. The van der Waals surface area contributed by atoms with E-state index in [0.717, 1.165) is 0 Å². The molecule has 0 aliphatic heterocycles. The van der Waals surface area contributed by atoms with Gasteiger partial charge in [-0.05, 0) is 35.9 Å². The molecule has 0 unspecified atom stereocenters. The number of rotatable bonds is 6. The molecule has 2 rings (SSSR count). The fraction of sp³-hybridized carbons (Fsp3) is 0.111. The molecule has 2 aromatic rings. The number of carbonyl (C=O) groups is 3. The number of nitrogens with zero attached hydrogens (tertiary/aromatic N) is 1. The van der Waals surface area contributed by atoms with Crippen LogP contribution in [-0.4, -0.2) is 37.6 Å². The third-order valence-corrected chi connectivity index (χ3v) is 3.38. The zero-order valence-corrected chi connectivity index (χ0v) is 15.1. The van der Waals surface area contributed by atoms with Crippen LogP contribution in [0.15, 0.2) is 53.6 Å². The molecule has 0 aliphatic carbocycles. The Morgan fingerprint density at radius 2 is 1.89 bits per heavy atom. The van der Waals surface area contributed by atoms with E-state index < -0.39 is 11.8 Å². The van der Waals surface area contributed by atoms with Gasteiger partial charge in [0.15, 0.2) is 6.61 Å². The van der Waals surface area contributed by atoms with Crippen LogP contribution in [-0.2, 0) is 14.4 Å². The van der Waals surface area contributed by atoms with Gasteiger partial charge in [-0.2, -0.15) is 5.10 Å². The zero-order valence-electron chi connectivity index (χ0n) is 14.4. The van der Waals surface area contributed by atoms with E-state index in [1.165, 1.54) is 13.3 Å². The fourth-order valence-corrected chi connectivity index (χ4v) is 2.12. The van der Waals surface area contributed by atoms with E-state index in [2.05, 4.69) is 21.2 Å². The summed E-state index contributed by atoms with van der Waals surface area (Å²) in [6.45, 7) is -0.194. The first-order valence-corrected chi connectivity index (χ1v) is 8.19. The lowest BCUT2D eigenvalue weighted by Gasteiger charge is -2.08. The van der Waals surface area contributed by atoms with E-state index in [0.29, 0.717) is 22.0 Å². The van der Waals surface area contributed by atoms with E-state index in [1.54, 1.807) is 48.5 Å². The number of ether oxygens (including phenoxy) is 1. The Labute approximate surface area is 160 Å². The molecule has 0 aliphatic rings. The second kappa shape index (κ2) is 9.93. The van der Waals surface area contributed by atoms with Gasteiger partial charge < -0.3 is 15.4 Å². The molecule has 140 valence electrons. The van der Waals surface area contributed by atoms with Gasteiger partial charge in [-0.15, -0.1) is 0 Å². The predicted molar refractivity (Wildman–Crippen MR) is 102 cm³/mol. The average Bonchev–Trinajstić information content (AvgIpc) is 2.66. The molecule has 0 heterocycles. The zero-order chi connectivity index (χ0) is 19.6. The molecule has 0 saturated heterocycles. The molecule has 8 nitrogen and oxygen atoms in total. The van der Waals surface area contributed by atoms with Crippen molar-refractivity contribution in [3.05, 3.63) is 59.1 Å². The van der Waals surface area contributed by atoms with Crippen LogP contribution in [0.25, 0.3) is 0 Å². The van der Waals surface area contributed by atoms with Crippen LogP contribution in [0, 0.1) is 0 Å². The maximum atomic E-state index is 11.9. The number of hydrogen-bond donors (Lipinski definition) is 3. The van der Waals surface area contributed by atoms with Gasteiger partial charge in [-0.1, -0.05) is 29.8 Å². The molecule has 0 saturated carbocycles. The highest BCUT2D eigenvalue weighted by molar-refractivity contribution is 6.35. The molecule has 27 heavy (non-hydrogen) atoms. The van der Waals surface area contributed by atoms with Crippen molar-refractivity contribution in [2.24, 2.45) is 5.10 Å². The van der Waals surface area contributed by atoms with E-state index >= 15 is 0 Å². The van der Waals surface area contributed by atoms with Gasteiger partial charge in [-0.3, -0.25) is 14.4 Å². The Hall–Kier alpha value is -3.39. The summed E-state index contributed by atoms with van der Waals surface area (Å²) in [7, 11) is 1.34. The maximum absolute atomic E-state index is 11.9. The van der Waals surface area contributed by atoms with E-state index in [4.69, 9.17) is 16.3 Å². The number of halogens is 1. The van der Waals surface area contributed by atoms with Gasteiger partial charge in [0.25, 0.3) is 5.91 Å². The first-order chi connectivity index (χ1) is 13.0. The van der Waals surface area contributed by atoms with Crippen molar-refractivity contribution < 1.29 is 19.1 Å². The van der Waals surface area contributed by atoms with Gasteiger partial charge >= 0.3 is 11.8 Å². The molecular formula is C18H17ClN4O4. The van der Waals surface area contributed by atoms with Gasteiger partial charge in [0.2, 0.25) is 0 Å². The summed E-state index contributed by atoms with van der Waals surface area (Å²) in [5, 5.41) is 9.05. The third kappa shape index (κ3) is 6.79. The lowest BCUT2D eigenvalue weighted by atomic mass is 10.2. The summed E-state index contributed by atoms with van der Waals surface area (Å²) in [5.74, 6) is -1.57. The van der Waals surface area contributed by atoms with Gasteiger partial charge in [0, 0.05) is 17.8 Å². The third-order valence-electron chi connectivity index (χ3n) is 3.15. The molecule has 0 radical (unpaired) electrons.